The number of aromatic amines is 1. The van der Waals surface area contributed by atoms with E-state index in [0.717, 1.165) is 12.1 Å². The summed E-state index contributed by atoms with van der Waals surface area (Å²) >= 11 is 5.97. The van der Waals surface area contributed by atoms with Crippen LogP contribution >= 0.6 is 11.6 Å². The predicted octanol–water partition coefficient (Wildman–Crippen LogP) is 3.66. The molecule has 2 amide bonds. The molecule has 0 unspecified atom stereocenters. The summed E-state index contributed by atoms with van der Waals surface area (Å²) in [6, 6.07) is 7.63. The van der Waals surface area contributed by atoms with E-state index >= 15 is 4.39 Å². The van der Waals surface area contributed by atoms with Gasteiger partial charge in [0.2, 0.25) is 17.4 Å². The Labute approximate surface area is 196 Å². The van der Waals surface area contributed by atoms with Gasteiger partial charge in [0.1, 0.15) is 5.82 Å². The summed E-state index contributed by atoms with van der Waals surface area (Å²) < 4.78 is 33.7. The molecular weight excluding hydrogens is 472 g/mol. The lowest BCUT2D eigenvalue weighted by atomic mass is 9.83. The first-order chi connectivity index (χ1) is 16.3. The number of hydrogen-bond donors (Lipinski definition) is 2. The minimum absolute atomic E-state index is 0.0712. The maximum absolute atomic E-state index is 15.0. The average molecular weight is 488 g/mol. The zero-order valence-electron chi connectivity index (χ0n) is 17.4. The predicted molar refractivity (Wildman–Crippen MR) is 115 cm³/mol. The third-order valence-electron chi connectivity index (χ3n) is 5.81. The Morgan fingerprint density at radius 3 is 2.68 bits per heavy atom. The highest BCUT2D eigenvalue weighted by molar-refractivity contribution is 6.31. The van der Waals surface area contributed by atoms with Gasteiger partial charge in [-0.05, 0) is 49.2 Å². The highest BCUT2D eigenvalue weighted by Crippen LogP contribution is 2.45. The van der Waals surface area contributed by atoms with Gasteiger partial charge in [-0.2, -0.15) is 4.98 Å². The molecule has 5 rings (SSSR count). The van der Waals surface area contributed by atoms with Gasteiger partial charge in [-0.3, -0.25) is 20.0 Å². The molecule has 1 fully saturated rings. The number of nitrogens with zero attached hydrogens (tertiary/aromatic N) is 3. The van der Waals surface area contributed by atoms with Crippen LogP contribution in [0.3, 0.4) is 0 Å². The normalized spacial score (nSPS) is 19.4. The van der Waals surface area contributed by atoms with Crippen LogP contribution in [0.15, 0.2) is 36.4 Å². The first-order valence-electron chi connectivity index (χ1n) is 10.3. The number of carbonyl (C=O) groups is 3. The van der Waals surface area contributed by atoms with Crippen molar-refractivity contribution in [1.29, 1.82) is 0 Å². The smallest absolute Gasteiger partial charge is 0.412 e. The zero-order chi connectivity index (χ0) is 24.0. The topological polar surface area (TPSA) is 117 Å². The average Bonchev–Trinajstić information content (AvgIpc) is 3.31. The van der Waals surface area contributed by atoms with E-state index in [1.165, 1.54) is 29.2 Å². The van der Waals surface area contributed by atoms with Gasteiger partial charge in [0.05, 0.1) is 22.8 Å². The van der Waals surface area contributed by atoms with Gasteiger partial charge in [-0.15, -0.1) is 5.10 Å². The molecule has 3 heterocycles. The van der Waals surface area contributed by atoms with Gasteiger partial charge in [0, 0.05) is 12.1 Å². The second kappa shape index (κ2) is 8.17. The Hall–Kier alpha value is -3.86. The fourth-order valence-corrected chi connectivity index (χ4v) is 4.44. The second-order valence-corrected chi connectivity index (χ2v) is 8.37. The SMILES string of the molecule is O=C1Nc2ccc(Cl)c(F)c2[C@@]2(CCCN(C(=O)c3nc(C(=O)c4ccc(F)cc4)n[nH]3)C2)O1. The van der Waals surface area contributed by atoms with Crippen molar-refractivity contribution in [2.45, 2.75) is 18.4 Å². The monoisotopic (exact) mass is 487 g/mol. The van der Waals surface area contributed by atoms with E-state index in [2.05, 4.69) is 20.5 Å². The molecule has 1 spiro atoms. The van der Waals surface area contributed by atoms with Crippen LogP contribution in [0.1, 0.15) is 45.2 Å². The van der Waals surface area contributed by atoms with Crippen molar-refractivity contribution in [2.75, 3.05) is 18.4 Å². The van der Waals surface area contributed by atoms with Crippen LogP contribution in [-0.4, -0.2) is 51.0 Å². The van der Waals surface area contributed by atoms with Crippen LogP contribution in [0.4, 0.5) is 19.3 Å². The Bertz CT molecular complexity index is 1330. The fraction of sp³-hybridized carbons (Fsp3) is 0.227. The lowest BCUT2D eigenvalue weighted by Gasteiger charge is -2.44. The number of nitrogens with one attached hydrogen (secondary N) is 2. The first-order valence-corrected chi connectivity index (χ1v) is 10.7. The molecule has 0 radical (unpaired) electrons. The Morgan fingerprint density at radius 2 is 1.91 bits per heavy atom. The third kappa shape index (κ3) is 3.67. The van der Waals surface area contributed by atoms with Crippen molar-refractivity contribution in [2.24, 2.45) is 0 Å². The third-order valence-corrected chi connectivity index (χ3v) is 6.11. The van der Waals surface area contributed by atoms with E-state index in [1.54, 1.807) is 0 Å². The number of piperidine rings is 1. The maximum atomic E-state index is 15.0. The molecule has 9 nitrogen and oxygen atoms in total. The van der Waals surface area contributed by atoms with Gasteiger partial charge < -0.3 is 9.64 Å². The van der Waals surface area contributed by atoms with Gasteiger partial charge >= 0.3 is 6.09 Å². The number of anilines is 1. The lowest BCUT2D eigenvalue weighted by Crippen LogP contribution is -2.53. The van der Waals surface area contributed by atoms with Crippen molar-refractivity contribution < 1.29 is 27.9 Å². The molecule has 0 saturated carbocycles. The van der Waals surface area contributed by atoms with E-state index in [1.807, 2.05) is 0 Å². The fourth-order valence-electron chi connectivity index (χ4n) is 4.29. The number of hydrogen-bond acceptors (Lipinski definition) is 6. The van der Waals surface area contributed by atoms with E-state index in [9.17, 15) is 18.8 Å². The molecule has 1 aromatic heterocycles. The number of carbonyl (C=O) groups excluding carboxylic acids is 3. The van der Waals surface area contributed by atoms with Crippen LogP contribution in [0.2, 0.25) is 5.02 Å². The molecular formula is C22H16ClF2N5O4. The molecule has 2 aliphatic heterocycles. The Balaban J connectivity index is 1.42. The second-order valence-electron chi connectivity index (χ2n) is 7.97. The number of H-pyrrole nitrogens is 1. The lowest BCUT2D eigenvalue weighted by molar-refractivity contribution is -0.0420. The molecule has 0 aliphatic carbocycles. The number of amides is 2. The number of ketones is 1. The van der Waals surface area contributed by atoms with Crippen molar-refractivity contribution in [3.05, 3.63) is 75.8 Å². The highest BCUT2D eigenvalue weighted by atomic mass is 35.5. The zero-order valence-corrected chi connectivity index (χ0v) is 18.2. The minimum Gasteiger partial charge on any atom is -0.436 e. The van der Waals surface area contributed by atoms with Crippen LogP contribution in [0.5, 0.6) is 0 Å². The van der Waals surface area contributed by atoms with Gasteiger partial charge in [0.25, 0.3) is 5.91 Å². The van der Waals surface area contributed by atoms with Crippen molar-refractivity contribution in [3.8, 4) is 0 Å². The molecule has 1 atom stereocenters. The summed E-state index contributed by atoms with van der Waals surface area (Å²) in [6.45, 7) is 0.135. The Kier molecular flexibility index (Phi) is 5.28. The Morgan fingerprint density at radius 1 is 1.15 bits per heavy atom. The van der Waals surface area contributed by atoms with E-state index in [-0.39, 0.29) is 53.0 Å². The van der Waals surface area contributed by atoms with E-state index in [4.69, 9.17) is 16.3 Å². The number of halogens is 3. The largest absolute Gasteiger partial charge is 0.436 e. The number of likely N-dealkylation sites (tertiary alicyclic amines) is 1. The molecule has 0 bridgehead atoms. The standard InChI is InChI=1S/C22H16ClF2N5O4/c23-13-6-7-14-15(16(13)25)22(34-21(33)26-14)8-1-9-30(10-22)20(32)19-27-18(28-29-19)17(31)11-2-4-12(24)5-3-11/h2-7H,1,8-10H2,(H,26,33)(H,27,28,29)/t22-/m0/s1. The van der Waals surface area contributed by atoms with Crippen LogP contribution in [-0.2, 0) is 10.3 Å². The molecule has 34 heavy (non-hydrogen) atoms. The summed E-state index contributed by atoms with van der Waals surface area (Å²) in [5, 5.41) is 8.57. The number of ether oxygens (including phenoxy) is 1. The maximum Gasteiger partial charge on any atom is 0.412 e. The first kappa shape index (κ1) is 22.0. The van der Waals surface area contributed by atoms with Gasteiger partial charge in [0.15, 0.2) is 11.4 Å². The molecule has 1 saturated heterocycles. The number of rotatable bonds is 3. The van der Waals surface area contributed by atoms with Crippen molar-refractivity contribution in [1.82, 2.24) is 20.1 Å². The molecule has 2 aromatic carbocycles. The minimum atomic E-state index is -1.44. The van der Waals surface area contributed by atoms with E-state index in [0.29, 0.717) is 6.42 Å². The van der Waals surface area contributed by atoms with Crippen molar-refractivity contribution in [3.63, 3.8) is 0 Å². The summed E-state index contributed by atoms with van der Waals surface area (Å²) in [4.78, 5) is 43.2. The quantitative estimate of drug-likeness (QED) is 0.544. The summed E-state index contributed by atoms with van der Waals surface area (Å²) in [6.07, 6.45) is -0.0885. The van der Waals surface area contributed by atoms with Crippen LogP contribution < -0.4 is 5.32 Å². The molecule has 2 aliphatic rings. The number of benzene rings is 2. The molecule has 174 valence electrons. The van der Waals surface area contributed by atoms with E-state index < -0.39 is 35.0 Å². The number of fused-ring (bicyclic) bond motifs is 2. The molecule has 3 aromatic rings. The summed E-state index contributed by atoms with van der Waals surface area (Å²) in [5.74, 6) is -2.92. The van der Waals surface area contributed by atoms with Gasteiger partial charge in [-0.25, -0.2) is 13.6 Å². The highest BCUT2D eigenvalue weighted by Gasteiger charge is 2.49. The molecule has 2 N–H and O–H groups in total. The summed E-state index contributed by atoms with van der Waals surface area (Å²) in [7, 11) is 0. The van der Waals surface area contributed by atoms with Crippen molar-refractivity contribution >= 4 is 35.1 Å². The van der Waals surface area contributed by atoms with Gasteiger partial charge in [-0.1, -0.05) is 11.6 Å². The summed E-state index contributed by atoms with van der Waals surface area (Å²) in [5.41, 5.74) is -0.990. The number of aromatic nitrogens is 3. The van der Waals surface area contributed by atoms with Crippen LogP contribution in [0, 0.1) is 11.6 Å². The molecule has 12 heteroatoms. The van der Waals surface area contributed by atoms with Crippen LogP contribution in [0.25, 0.3) is 0 Å².